The molecule has 1 aromatic heterocycles. The quantitative estimate of drug-likeness (QED) is 0.483. The number of carbonyl (C=O) groups excluding carboxylic acids is 2. The normalized spacial score (nSPS) is 27.0. The van der Waals surface area contributed by atoms with Crippen LogP contribution in [-0.4, -0.2) is 59.1 Å². The van der Waals surface area contributed by atoms with Gasteiger partial charge in [0.2, 0.25) is 11.8 Å². The lowest BCUT2D eigenvalue weighted by Crippen LogP contribution is -2.58. The second-order valence-corrected chi connectivity index (χ2v) is 8.24. The van der Waals surface area contributed by atoms with E-state index in [-0.39, 0.29) is 29.9 Å². The van der Waals surface area contributed by atoms with Crippen molar-refractivity contribution in [2.75, 3.05) is 13.1 Å². The van der Waals surface area contributed by atoms with Crippen molar-refractivity contribution in [3.63, 3.8) is 0 Å². The molecule has 3 heterocycles. The number of carbonyl (C=O) groups is 2. The van der Waals surface area contributed by atoms with Crippen molar-refractivity contribution in [2.24, 2.45) is 0 Å². The van der Waals surface area contributed by atoms with E-state index in [1.54, 1.807) is 6.26 Å². The molecule has 0 bridgehead atoms. The first-order valence-electron chi connectivity index (χ1n) is 9.98. The van der Waals surface area contributed by atoms with Crippen LogP contribution in [0.5, 0.6) is 0 Å². The molecule has 2 saturated heterocycles. The highest BCUT2D eigenvalue weighted by Gasteiger charge is 2.43. The molecule has 1 aromatic rings. The maximum atomic E-state index is 12.3. The Balaban J connectivity index is 1.26. The van der Waals surface area contributed by atoms with Gasteiger partial charge in [0.25, 0.3) is 0 Å². The van der Waals surface area contributed by atoms with E-state index in [9.17, 15) is 9.59 Å². The Morgan fingerprint density at radius 3 is 2.93 bits per heavy atom. The number of furan rings is 1. The summed E-state index contributed by atoms with van der Waals surface area (Å²) in [5.74, 6) is 1.00. The van der Waals surface area contributed by atoms with Gasteiger partial charge in [-0.25, -0.2) is 0 Å². The first kappa shape index (κ1) is 19.2. The molecule has 3 fully saturated rings. The molecular formula is C19H27N5O3S. The number of rotatable bonds is 7. The molecule has 9 heteroatoms. The van der Waals surface area contributed by atoms with E-state index in [1.807, 2.05) is 12.1 Å². The molecule has 3 atom stereocenters. The molecule has 4 rings (SSSR count). The van der Waals surface area contributed by atoms with Crippen molar-refractivity contribution in [3.8, 4) is 0 Å². The first-order chi connectivity index (χ1) is 13.6. The summed E-state index contributed by atoms with van der Waals surface area (Å²) in [6.45, 7) is 1.87. The van der Waals surface area contributed by atoms with Gasteiger partial charge >= 0.3 is 0 Å². The molecule has 2 amide bonds. The van der Waals surface area contributed by atoms with E-state index < -0.39 is 0 Å². The van der Waals surface area contributed by atoms with Crippen LogP contribution in [0.4, 0.5) is 0 Å². The molecule has 1 saturated carbocycles. The van der Waals surface area contributed by atoms with Gasteiger partial charge in [-0.2, -0.15) is 0 Å². The van der Waals surface area contributed by atoms with Gasteiger partial charge in [-0.1, -0.05) is 0 Å². The van der Waals surface area contributed by atoms with Crippen LogP contribution in [0.3, 0.4) is 0 Å². The van der Waals surface area contributed by atoms with Gasteiger partial charge in [0.05, 0.1) is 18.8 Å². The standard InChI is InChI=1S/C19H27N5O3S/c25-17(22-12-3-4-12)6-5-14-9-20-18(26)16-8-13(11-24(14)16)23-19(28)21-10-15-2-1-7-27-15/h1-2,7,12-14,16H,3-6,8-11H2,(H,20,26)(H,22,25)(H2,21,23,28)/t13-,14+,16-/m0/s1. The monoisotopic (exact) mass is 405 g/mol. The molecular weight excluding hydrogens is 378 g/mol. The second kappa shape index (κ2) is 8.48. The highest BCUT2D eigenvalue weighted by atomic mass is 32.1. The molecule has 0 aromatic carbocycles. The highest BCUT2D eigenvalue weighted by molar-refractivity contribution is 7.80. The lowest BCUT2D eigenvalue weighted by molar-refractivity contribution is -0.129. The number of hydrogen-bond acceptors (Lipinski definition) is 5. The predicted octanol–water partition coefficient (Wildman–Crippen LogP) is 0.244. The number of hydrogen-bond donors (Lipinski definition) is 4. The van der Waals surface area contributed by atoms with Gasteiger partial charge in [-0.15, -0.1) is 0 Å². The van der Waals surface area contributed by atoms with Crippen LogP contribution in [0.2, 0.25) is 0 Å². The Labute approximate surface area is 169 Å². The van der Waals surface area contributed by atoms with Crippen molar-refractivity contribution in [2.45, 2.75) is 62.8 Å². The average Bonchev–Trinajstić information content (AvgIpc) is 3.16. The lowest BCUT2D eigenvalue weighted by atomic mass is 10.0. The molecule has 1 aliphatic carbocycles. The van der Waals surface area contributed by atoms with Crippen molar-refractivity contribution >= 4 is 29.1 Å². The molecule has 8 nitrogen and oxygen atoms in total. The maximum absolute atomic E-state index is 12.3. The molecule has 2 aliphatic heterocycles. The van der Waals surface area contributed by atoms with Crippen molar-refractivity contribution < 1.29 is 14.0 Å². The second-order valence-electron chi connectivity index (χ2n) is 7.83. The van der Waals surface area contributed by atoms with Crippen LogP contribution in [0.25, 0.3) is 0 Å². The zero-order chi connectivity index (χ0) is 19.5. The minimum atomic E-state index is -0.157. The topological polar surface area (TPSA) is 98.6 Å². The zero-order valence-corrected chi connectivity index (χ0v) is 16.6. The van der Waals surface area contributed by atoms with E-state index in [1.165, 1.54) is 0 Å². The number of nitrogens with one attached hydrogen (secondary N) is 4. The summed E-state index contributed by atoms with van der Waals surface area (Å²) in [6.07, 6.45) is 5.79. The van der Waals surface area contributed by atoms with E-state index in [0.29, 0.717) is 37.1 Å². The van der Waals surface area contributed by atoms with Crippen LogP contribution in [0.1, 0.15) is 37.9 Å². The van der Waals surface area contributed by atoms with E-state index >= 15 is 0 Å². The van der Waals surface area contributed by atoms with Crippen LogP contribution in [0, 0.1) is 0 Å². The smallest absolute Gasteiger partial charge is 0.237 e. The maximum Gasteiger partial charge on any atom is 0.237 e. The summed E-state index contributed by atoms with van der Waals surface area (Å²) >= 11 is 5.38. The predicted molar refractivity (Wildman–Crippen MR) is 107 cm³/mol. The number of thiocarbonyl (C=S) groups is 1. The third-order valence-electron chi connectivity index (χ3n) is 5.61. The van der Waals surface area contributed by atoms with Crippen LogP contribution < -0.4 is 21.3 Å². The number of piperazine rings is 1. The van der Waals surface area contributed by atoms with Crippen LogP contribution in [-0.2, 0) is 16.1 Å². The molecule has 3 aliphatic rings. The van der Waals surface area contributed by atoms with Gasteiger partial charge in [-0.3, -0.25) is 14.5 Å². The molecule has 28 heavy (non-hydrogen) atoms. The third-order valence-corrected chi connectivity index (χ3v) is 5.87. The van der Waals surface area contributed by atoms with Gasteiger partial charge in [0, 0.05) is 37.6 Å². The Morgan fingerprint density at radius 2 is 2.18 bits per heavy atom. The highest BCUT2D eigenvalue weighted by Crippen LogP contribution is 2.26. The summed E-state index contributed by atoms with van der Waals surface area (Å²) < 4.78 is 5.29. The van der Waals surface area contributed by atoms with Gasteiger partial charge < -0.3 is 25.7 Å². The van der Waals surface area contributed by atoms with Crippen LogP contribution in [0.15, 0.2) is 22.8 Å². The van der Waals surface area contributed by atoms with E-state index in [0.717, 1.165) is 31.6 Å². The fraction of sp³-hybridized carbons (Fsp3) is 0.632. The molecule has 0 spiro atoms. The molecule has 0 unspecified atom stereocenters. The summed E-state index contributed by atoms with van der Waals surface area (Å²) in [5, 5.41) is 13.0. The Bertz CT molecular complexity index is 721. The fourth-order valence-electron chi connectivity index (χ4n) is 3.99. The first-order valence-corrected chi connectivity index (χ1v) is 10.4. The molecule has 152 valence electrons. The minimum Gasteiger partial charge on any atom is -0.467 e. The molecule has 4 N–H and O–H groups in total. The Morgan fingerprint density at radius 1 is 1.32 bits per heavy atom. The van der Waals surface area contributed by atoms with Gasteiger partial charge in [0.1, 0.15) is 5.76 Å². The summed E-state index contributed by atoms with van der Waals surface area (Å²) in [7, 11) is 0. The summed E-state index contributed by atoms with van der Waals surface area (Å²) in [4.78, 5) is 26.5. The summed E-state index contributed by atoms with van der Waals surface area (Å²) in [6, 6.07) is 4.25. The van der Waals surface area contributed by atoms with Crippen molar-refractivity contribution in [1.82, 2.24) is 26.2 Å². The number of fused-ring (bicyclic) bond motifs is 1. The molecule has 0 radical (unpaired) electrons. The van der Waals surface area contributed by atoms with E-state index in [4.69, 9.17) is 16.6 Å². The van der Waals surface area contributed by atoms with Gasteiger partial charge in [-0.05, 0) is 50.0 Å². The summed E-state index contributed by atoms with van der Waals surface area (Å²) in [5.41, 5.74) is 0. The van der Waals surface area contributed by atoms with E-state index in [2.05, 4.69) is 26.2 Å². The van der Waals surface area contributed by atoms with Crippen molar-refractivity contribution in [1.29, 1.82) is 0 Å². The van der Waals surface area contributed by atoms with Gasteiger partial charge in [0.15, 0.2) is 5.11 Å². The lowest BCUT2D eigenvalue weighted by Gasteiger charge is -2.37. The number of amides is 2. The third kappa shape index (κ3) is 4.82. The number of nitrogens with zero attached hydrogens (tertiary/aromatic N) is 1. The largest absolute Gasteiger partial charge is 0.467 e. The zero-order valence-electron chi connectivity index (χ0n) is 15.8. The Kier molecular flexibility index (Phi) is 5.82. The fourth-order valence-corrected chi connectivity index (χ4v) is 4.23. The average molecular weight is 406 g/mol. The SMILES string of the molecule is O=C(CC[C@@H]1CNC(=O)[C@@H]2C[C@H](NC(=S)NCc3ccco3)CN12)NC1CC1. The Hall–Kier alpha value is -2.13. The minimum absolute atomic E-state index is 0.0671. The van der Waals surface area contributed by atoms with Crippen molar-refractivity contribution in [3.05, 3.63) is 24.2 Å². The van der Waals surface area contributed by atoms with Crippen LogP contribution >= 0.6 is 12.2 Å².